The molecule has 0 aliphatic carbocycles. The van der Waals surface area contributed by atoms with Crippen molar-refractivity contribution in [1.82, 2.24) is 0 Å². The maximum Gasteiger partial charge on any atom is 0.249 e. The highest BCUT2D eigenvalue weighted by atomic mass is 16.1. The number of hydrogen-bond acceptors (Lipinski definition) is 2. The third kappa shape index (κ3) is 4.13. The molecule has 3 aromatic rings. The van der Waals surface area contributed by atoms with E-state index in [-0.39, 0.29) is 5.56 Å². The molecule has 3 rings (SSSR count). The first-order valence-corrected chi connectivity index (χ1v) is 10.2. The Morgan fingerprint density at radius 1 is 0.700 bits per heavy atom. The SMILES string of the molecule is CC(C)c1cccc(-c2ccc(C(N)=O)c(-c3cccc(C(C)C)c3)c2C(N)=O)c1. The van der Waals surface area contributed by atoms with Gasteiger partial charge >= 0.3 is 0 Å². The molecule has 154 valence electrons. The van der Waals surface area contributed by atoms with E-state index in [1.54, 1.807) is 12.1 Å². The lowest BCUT2D eigenvalue weighted by molar-refractivity contribution is 0.0999. The van der Waals surface area contributed by atoms with Crippen LogP contribution in [-0.4, -0.2) is 11.8 Å². The topological polar surface area (TPSA) is 86.2 Å². The zero-order chi connectivity index (χ0) is 22.0. The van der Waals surface area contributed by atoms with Crippen molar-refractivity contribution in [1.29, 1.82) is 0 Å². The first-order valence-electron chi connectivity index (χ1n) is 10.2. The maximum atomic E-state index is 12.7. The zero-order valence-electron chi connectivity index (χ0n) is 17.9. The van der Waals surface area contributed by atoms with Crippen molar-refractivity contribution < 1.29 is 9.59 Å². The summed E-state index contributed by atoms with van der Waals surface area (Å²) in [4.78, 5) is 24.9. The first kappa shape index (κ1) is 21.3. The van der Waals surface area contributed by atoms with Gasteiger partial charge in [-0.3, -0.25) is 9.59 Å². The minimum atomic E-state index is -0.593. The van der Waals surface area contributed by atoms with E-state index < -0.39 is 11.8 Å². The Kier molecular flexibility index (Phi) is 6.06. The zero-order valence-corrected chi connectivity index (χ0v) is 17.9. The number of nitrogens with two attached hydrogens (primary N) is 2. The van der Waals surface area contributed by atoms with E-state index in [1.165, 1.54) is 0 Å². The quantitative estimate of drug-likeness (QED) is 0.575. The number of benzene rings is 3. The maximum absolute atomic E-state index is 12.7. The van der Waals surface area contributed by atoms with Gasteiger partial charge in [-0.2, -0.15) is 0 Å². The van der Waals surface area contributed by atoms with Crippen LogP contribution in [0.3, 0.4) is 0 Å². The molecule has 0 heterocycles. The van der Waals surface area contributed by atoms with E-state index in [1.807, 2.05) is 36.4 Å². The molecule has 0 bridgehead atoms. The lowest BCUT2D eigenvalue weighted by Crippen LogP contribution is -2.19. The molecule has 0 saturated carbocycles. The molecule has 0 atom stereocenters. The molecular formula is C26H28N2O2. The van der Waals surface area contributed by atoms with E-state index in [2.05, 4.69) is 39.8 Å². The molecule has 0 spiro atoms. The molecule has 4 heteroatoms. The molecule has 0 fully saturated rings. The predicted molar refractivity (Wildman–Crippen MR) is 123 cm³/mol. The molecule has 3 aromatic carbocycles. The summed E-state index contributed by atoms with van der Waals surface area (Å²) in [5.41, 5.74) is 17.2. The minimum Gasteiger partial charge on any atom is -0.366 e. The van der Waals surface area contributed by atoms with E-state index in [0.29, 0.717) is 28.5 Å². The normalized spacial score (nSPS) is 11.1. The molecule has 0 unspecified atom stereocenters. The smallest absolute Gasteiger partial charge is 0.249 e. The van der Waals surface area contributed by atoms with Gasteiger partial charge in [-0.1, -0.05) is 82.3 Å². The highest BCUT2D eigenvalue weighted by Crippen LogP contribution is 2.37. The summed E-state index contributed by atoms with van der Waals surface area (Å²) in [5, 5.41) is 0. The summed E-state index contributed by atoms with van der Waals surface area (Å²) < 4.78 is 0. The van der Waals surface area contributed by atoms with E-state index in [9.17, 15) is 9.59 Å². The van der Waals surface area contributed by atoms with Gasteiger partial charge in [-0.15, -0.1) is 0 Å². The third-order valence-electron chi connectivity index (χ3n) is 5.42. The lowest BCUT2D eigenvalue weighted by Gasteiger charge is -2.18. The molecule has 30 heavy (non-hydrogen) atoms. The molecule has 4 nitrogen and oxygen atoms in total. The van der Waals surface area contributed by atoms with E-state index in [4.69, 9.17) is 11.5 Å². The van der Waals surface area contributed by atoms with Crippen LogP contribution in [0.4, 0.5) is 0 Å². The highest BCUT2D eigenvalue weighted by Gasteiger charge is 2.23. The van der Waals surface area contributed by atoms with Crippen molar-refractivity contribution in [3.05, 3.63) is 82.9 Å². The van der Waals surface area contributed by atoms with Crippen LogP contribution in [0.2, 0.25) is 0 Å². The van der Waals surface area contributed by atoms with Crippen LogP contribution < -0.4 is 11.5 Å². The van der Waals surface area contributed by atoms with Gasteiger partial charge < -0.3 is 11.5 Å². The monoisotopic (exact) mass is 400 g/mol. The van der Waals surface area contributed by atoms with Crippen molar-refractivity contribution >= 4 is 11.8 Å². The van der Waals surface area contributed by atoms with E-state index >= 15 is 0 Å². The number of carbonyl (C=O) groups excluding carboxylic acids is 2. The Balaban J connectivity index is 2.37. The van der Waals surface area contributed by atoms with Crippen LogP contribution in [-0.2, 0) is 0 Å². The van der Waals surface area contributed by atoms with Gasteiger partial charge in [0.15, 0.2) is 0 Å². The van der Waals surface area contributed by atoms with E-state index in [0.717, 1.165) is 22.3 Å². The second-order valence-corrected chi connectivity index (χ2v) is 8.20. The largest absolute Gasteiger partial charge is 0.366 e. The number of carbonyl (C=O) groups is 2. The van der Waals surface area contributed by atoms with Gasteiger partial charge in [0, 0.05) is 11.1 Å². The van der Waals surface area contributed by atoms with Gasteiger partial charge in [0.25, 0.3) is 0 Å². The Morgan fingerprint density at radius 3 is 1.73 bits per heavy atom. The van der Waals surface area contributed by atoms with Crippen LogP contribution in [0, 0.1) is 0 Å². The average molecular weight is 401 g/mol. The van der Waals surface area contributed by atoms with Crippen LogP contribution in [0.15, 0.2) is 60.7 Å². The Hall–Kier alpha value is -3.40. The minimum absolute atomic E-state index is 0.286. The molecule has 0 aliphatic rings. The molecule has 4 N–H and O–H groups in total. The standard InChI is InChI=1S/C26H28N2O2/c1-15(2)17-7-5-9-19(13-17)21-11-12-22(25(27)29)23(24(21)26(28)30)20-10-6-8-18(14-20)16(3)4/h5-16H,1-4H3,(H2,27,29)(H2,28,30). The highest BCUT2D eigenvalue weighted by molar-refractivity contribution is 6.12. The fourth-order valence-electron chi connectivity index (χ4n) is 3.72. The van der Waals surface area contributed by atoms with Crippen molar-refractivity contribution in [2.45, 2.75) is 39.5 Å². The predicted octanol–water partition coefficient (Wildman–Crippen LogP) is 5.47. The number of rotatable bonds is 6. The summed E-state index contributed by atoms with van der Waals surface area (Å²) >= 11 is 0. The van der Waals surface area contributed by atoms with Gasteiger partial charge in [-0.05, 0) is 45.7 Å². The number of hydrogen-bond donors (Lipinski definition) is 2. The molecular weight excluding hydrogens is 372 g/mol. The summed E-state index contributed by atoms with van der Waals surface area (Å²) in [5.74, 6) is -0.545. The van der Waals surface area contributed by atoms with Gasteiger partial charge in [-0.25, -0.2) is 0 Å². The van der Waals surface area contributed by atoms with Crippen LogP contribution in [0.1, 0.15) is 71.4 Å². The van der Waals surface area contributed by atoms with Crippen molar-refractivity contribution in [3.8, 4) is 22.3 Å². The molecule has 0 saturated heterocycles. The van der Waals surface area contributed by atoms with Crippen molar-refractivity contribution in [2.75, 3.05) is 0 Å². The Bertz CT molecular complexity index is 1110. The van der Waals surface area contributed by atoms with Crippen LogP contribution in [0.25, 0.3) is 22.3 Å². The van der Waals surface area contributed by atoms with Crippen LogP contribution in [0.5, 0.6) is 0 Å². The summed E-state index contributed by atoms with van der Waals surface area (Å²) in [6, 6.07) is 19.3. The summed E-state index contributed by atoms with van der Waals surface area (Å²) in [7, 11) is 0. The van der Waals surface area contributed by atoms with Gasteiger partial charge in [0.2, 0.25) is 11.8 Å². The molecule has 0 aromatic heterocycles. The van der Waals surface area contributed by atoms with Crippen LogP contribution >= 0.6 is 0 Å². The average Bonchev–Trinajstić information content (AvgIpc) is 2.72. The summed E-state index contributed by atoms with van der Waals surface area (Å²) in [6.07, 6.45) is 0. The third-order valence-corrected chi connectivity index (χ3v) is 5.42. The van der Waals surface area contributed by atoms with Crippen molar-refractivity contribution in [3.63, 3.8) is 0 Å². The fourth-order valence-corrected chi connectivity index (χ4v) is 3.72. The van der Waals surface area contributed by atoms with Crippen molar-refractivity contribution in [2.24, 2.45) is 11.5 Å². The number of amides is 2. The van der Waals surface area contributed by atoms with Gasteiger partial charge in [0.05, 0.1) is 5.56 Å². The Morgan fingerprint density at radius 2 is 1.23 bits per heavy atom. The summed E-state index contributed by atoms with van der Waals surface area (Å²) in [6.45, 7) is 8.42. The van der Waals surface area contributed by atoms with Gasteiger partial charge in [0.1, 0.15) is 0 Å². The number of primary amides is 2. The molecule has 0 radical (unpaired) electrons. The second-order valence-electron chi connectivity index (χ2n) is 8.20. The lowest BCUT2D eigenvalue weighted by atomic mass is 9.85. The Labute approximate surface area is 177 Å². The fraction of sp³-hybridized carbons (Fsp3) is 0.231. The second kappa shape index (κ2) is 8.54. The molecule has 2 amide bonds. The molecule has 0 aliphatic heterocycles. The first-order chi connectivity index (χ1) is 14.2.